The lowest BCUT2D eigenvalue weighted by atomic mass is 9.83. The Morgan fingerprint density at radius 2 is 0.750 bits per heavy atom. The molecule has 0 N–H and O–H groups in total. The molecule has 0 fully saturated rings. The minimum atomic E-state index is -0.380. The zero-order chi connectivity index (χ0) is 59.3. The molecule has 2 heterocycles. The molecule has 3 nitrogen and oxygen atoms in total. The molecular weight excluding hydrogens is 1100 g/mol. The average molecular weight is 1160 g/mol. The Labute approximate surface area is 513 Å². The normalized spacial score (nSPS) is 12.0. The Morgan fingerprint density at radius 1 is 0.330 bits per heavy atom. The molecule has 16 aromatic rings. The van der Waals surface area contributed by atoms with Gasteiger partial charge in [0.15, 0.2) is 5.58 Å². The Hall–Kier alpha value is -10.4. The predicted octanol–water partition coefficient (Wildman–Crippen LogP) is 25.0. The van der Waals surface area contributed by atoms with E-state index in [1.165, 1.54) is 0 Å². The third kappa shape index (κ3) is 8.57. The van der Waals surface area contributed by atoms with Crippen molar-refractivity contribution < 1.29 is 13.2 Å². The number of nitrogens with zero attached hydrogens (tertiary/aromatic N) is 2. The highest BCUT2D eigenvalue weighted by Gasteiger charge is 2.33. The van der Waals surface area contributed by atoms with Gasteiger partial charge < -0.3 is 14.2 Å². The number of anilines is 6. The van der Waals surface area contributed by atoms with E-state index in [0.29, 0.717) is 22.6 Å². The maximum Gasteiger partial charge on any atom is 0.159 e. The quantitative estimate of drug-likeness (QED) is 0.114. The Kier molecular flexibility index (Phi) is 12.8. The highest BCUT2D eigenvalue weighted by Crippen LogP contribution is 2.56. The molecule has 0 aliphatic carbocycles. The van der Waals surface area contributed by atoms with Gasteiger partial charge in [-0.2, -0.15) is 0 Å². The number of para-hydroxylation sites is 2. The van der Waals surface area contributed by atoms with E-state index in [2.05, 4.69) is 177 Å². The van der Waals surface area contributed by atoms with E-state index in [1.807, 2.05) is 115 Å². The van der Waals surface area contributed by atoms with Gasteiger partial charge in [-0.3, -0.25) is 0 Å². The van der Waals surface area contributed by atoms with E-state index < -0.39 is 0 Å². The maximum absolute atomic E-state index is 18.8. The summed E-state index contributed by atoms with van der Waals surface area (Å²) < 4.78 is 46.7. The number of halogens is 2. The van der Waals surface area contributed by atoms with Gasteiger partial charge in [-0.15, -0.1) is 11.3 Å². The van der Waals surface area contributed by atoms with E-state index in [4.69, 9.17) is 4.42 Å². The van der Waals surface area contributed by atoms with Gasteiger partial charge in [0.05, 0.1) is 38.8 Å². The lowest BCUT2D eigenvalue weighted by Crippen LogP contribution is -2.16. The molecular formula is C82H58F2N2OS. The summed E-state index contributed by atoms with van der Waals surface area (Å²) in [5.41, 5.74) is 14.4. The average Bonchev–Trinajstić information content (AvgIpc) is 1.07. The van der Waals surface area contributed by atoms with Gasteiger partial charge in [0.1, 0.15) is 17.2 Å². The number of fused-ring (bicyclic) bond motifs is 6. The van der Waals surface area contributed by atoms with Crippen molar-refractivity contribution in [3.05, 3.63) is 290 Å². The number of rotatable bonds is 12. The van der Waals surface area contributed by atoms with Crippen LogP contribution in [0.4, 0.5) is 42.9 Å². The smallest absolute Gasteiger partial charge is 0.159 e. The SMILES string of the molecule is CC(C)c1cc(N(c2c(F)cc(-c3ccccc3)cc2-c2ccccc2)c2cccc3c2oc2ccccc23)c2ccc3c(C(C)C)cc(N(c4c(F)cc(-c5ccccc5)cc4-c4ccccc4)c4cccc5c4sc4ccccc45)c4ccc1c2c34. The fourth-order valence-corrected chi connectivity index (χ4v) is 15.0. The first-order valence-electron chi connectivity index (χ1n) is 30.2. The first kappa shape index (κ1) is 53.1. The standard InChI is InChI=1S/C82H58F2N2OS/c1-49(2)65-47-73(85(71-35-21-33-61-57-31-17-19-37-75(57)87-81(61)71)79-67(53-27-13-7-14-28-53)43-55(45-69(79)83)51-23-9-5-10-24-51)63-41-39-60-66(50(3)4)48-74(64-42-40-59(65)77(63)78(60)64)86(72-36-22-34-62-58-32-18-20-38-76(58)88-82(62)72)80-68(54-29-15-8-16-30-54)44-56(46-70(80)84)52-25-11-6-12-26-52/h5-50H,1-4H3. The minimum absolute atomic E-state index is 0.0304. The van der Waals surface area contributed by atoms with Crippen LogP contribution in [0.1, 0.15) is 50.7 Å². The summed E-state index contributed by atoms with van der Waals surface area (Å²) in [6, 6.07) is 91.3. The van der Waals surface area contributed by atoms with E-state index in [1.54, 1.807) is 23.5 Å². The van der Waals surface area contributed by atoms with Crippen LogP contribution < -0.4 is 9.80 Å². The third-order valence-corrected chi connectivity index (χ3v) is 19.1. The molecule has 0 unspecified atom stereocenters. The van der Waals surface area contributed by atoms with Gasteiger partial charge >= 0.3 is 0 Å². The third-order valence-electron chi connectivity index (χ3n) is 17.9. The molecule has 0 radical (unpaired) electrons. The van der Waals surface area contributed by atoms with E-state index in [-0.39, 0.29) is 23.5 Å². The van der Waals surface area contributed by atoms with Crippen molar-refractivity contribution in [3.63, 3.8) is 0 Å². The molecule has 88 heavy (non-hydrogen) atoms. The van der Waals surface area contributed by atoms with Crippen LogP contribution in [0.25, 0.3) is 119 Å². The fraction of sp³-hybridized carbons (Fsp3) is 0.0732. The summed E-state index contributed by atoms with van der Waals surface area (Å²) in [6.07, 6.45) is 0. The summed E-state index contributed by atoms with van der Waals surface area (Å²) in [5, 5.41) is 10.4. The second kappa shape index (κ2) is 21.2. The molecule has 0 saturated heterocycles. The van der Waals surface area contributed by atoms with Crippen LogP contribution in [0, 0.1) is 11.6 Å². The monoisotopic (exact) mass is 1160 g/mol. The summed E-state index contributed by atoms with van der Waals surface area (Å²) in [5.74, 6) is -0.650. The predicted molar refractivity (Wildman–Crippen MR) is 370 cm³/mol. The lowest BCUT2D eigenvalue weighted by molar-refractivity contribution is 0.629. The van der Waals surface area contributed by atoms with E-state index in [0.717, 1.165) is 142 Å². The molecule has 0 aliphatic heterocycles. The van der Waals surface area contributed by atoms with Gasteiger partial charge in [0, 0.05) is 48.1 Å². The van der Waals surface area contributed by atoms with Crippen molar-refractivity contribution in [2.24, 2.45) is 0 Å². The van der Waals surface area contributed by atoms with Gasteiger partial charge in [-0.1, -0.05) is 234 Å². The van der Waals surface area contributed by atoms with E-state index in [9.17, 15) is 0 Å². The molecule has 14 aromatic carbocycles. The number of hydrogen-bond acceptors (Lipinski definition) is 4. The zero-order valence-electron chi connectivity index (χ0n) is 49.0. The summed E-state index contributed by atoms with van der Waals surface area (Å²) in [4.78, 5) is 4.38. The fourth-order valence-electron chi connectivity index (χ4n) is 13.8. The zero-order valence-corrected chi connectivity index (χ0v) is 49.8. The van der Waals surface area contributed by atoms with Crippen molar-refractivity contribution >= 4 is 120 Å². The first-order valence-corrected chi connectivity index (χ1v) is 31.1. The van der Waals surface area contributed by atoms with Crippen LogP contribution in [0.2, 0.25) is 0 Å². The Bertz CT molecular complexity index is 5030. The largest absolute Gasteiger partial charge is 0.454 e. The van der Waals surface area contributed by atoms with Crippen molar-refractivity contribution in [2.75, 3.05) is 9.80 Å². The molecule has 0 bridgehead atoms. The van der Waals surface area contributed by atoms with Crippen molar-refractivity contribution in [1.29, 1.82) is 0 Å². The molecule has 0 aliphatic rings. The minimum Gasteiger partial charge on any atom is -0.454 e. The van der Waals surface area contributed by atoms with Gasteiger partial charge in [0.25, 0.3) is 0 Å². The molecule has 0 amide bonds. The highest BCUT2D eigenvalue weighted by molar-refractivity contribution is 7.26. The highest BCUT2D eigenvalue weighted by atomic mass is 32.1. The van der Waals surface area contributed by atoms with Gasteiger partial charge in [-0.25, -0.2) is 8.78 Å². The molecule has 6 heteroatoms. The molecule has 2 aromatic heterocycles. The Morgan fingerprint density at radius 3 is 1.27 bits per heavy atom. The molecule has 0 spiro atoms. The van der Waals surface area contributed by atoms with Crippen LogP contribution in [-0.4, -0.2) is 0 Å². The number of benzene rings is 14. The van der Waals surface area contributed by atoms with Crippen LogP contribution in [0.3, 0.4) is 0 Å². The van der Waals surface area contributed by atoms with Crippen molar-refractivity contribution in [2.45, 2.75) is 39.5 Å². The summed E-state index contributed by atoms with van der Waals surface area (Å²) >= 11 is 1.74. The van der Waals surface area contributed by atoms with Crippen LogP contribution in [0.5, 0.6) is 0 Å². The lowest BCUT2D eigenvalue weighted by Gasteiger charge is -2.33. The van der Waals surface area contributed by atoms with E-state index >= 15 is 8.78 Å². The second-order valence-corrected chi connectivity index (χ2v) is 24.8. The number of furan rings is 1. The second-order valence-electron chi connectivity index (χ2n) is 23.7. The molecule has 0 atom stereocenters. The van der Waals surface area contributed by atoms with Crippen molar-refractivity contribution in [3.8, 4) is 44.5 Å². The molecule has 16 rings (SSSR count). The van der Waals surface area contributed by atoms with Crippen LogP contribution >= 0.6 is 11.3 Å². The number of thiophene rings is 1. The molecule has 422 valence electrons. The number of hydrogen-bond donors (Lipinski definition) is 0. The van der Waals surface area contributed by atoms with Gasteiger partial charge in [-0.05, 0) is 139 Å². The Balaban J connectivity index is 1.05. The first-order chi connectivity index (χ1) is 43.2. The van der Waals surface area contributed by atoms with Crippen molar-refractivity contribution in [1.82, 2.24) is 0 Å². The summed E-state index contributed by atoms with van der Waals surface area (Å²) in [7, 11) is 0. The molecule has 0 saturated carbocycles. The van der Waals surface area contributed by atoms with Crippen LogP contribution in [-0.2, 0) is 0 Å². The maximum atomic E-state index is 18.8. The topological polar surface area (TPSA) is 19.6 Å². The van der Waals surface area contributed by atoms with Crippen LogP contribution in [0.15, 0.2) is 271 Å². The van der Waals surface area contributed by atoms with Gasteiger partial charge in [0.2, 0.25) is 0 Å². The summed E-state index contributed by atoms with van der Waals surface area (Å²) in [6.45, 7) is 9.00.